The molecule has 1 heterocycles. The predicted molar refractivity (Wildman–Crippen MR) is 97.0 cm³/mol. The third-order valence-corrected chi connectivity index (χ3v) is 3.90. The lowest BCUT2D eigenvalue weighted by Gasteiger charge is -2.07. The highest BCUT2D eigenvalue weighted by atomic mass is 16.5. The quantitative estimate of drug-likeness (QED) is 0.707. The summed E-state index contributed by atoms with van der Waals surface area (Å²) in [6.07, 6.45) is 0.156. The Labute approximate surface area is 151 Å². The predicted octanol–water partition coefficient (Wildman–Crippen LogP) is 3.22. The zero-order chi connectivity index (χ0) is 18.4. The summed E-state index contributed by atoms with van der Waals surface area (Å²) in [7, 11) is 3.16. The van der Waals surface area contributed by atoms with Crippen LogP contribution in [0.2, 0.25) is 0 Å². The van der Waals surface area contributed by atoms with Gasteiger partial charge in [0.15, 0.2) is 17.3 Å². The Bertz CT molecular complexity index is 875. The smallest absolute Gasteiger partial charge is 0.226 e. The summed E-state index contributed by atoms with van der Waals surface area (Å²) >= 11 is 0. The van der Waals surface area contributed by atoms with Crippen LogP contribution in [-0.2, 0) is 17.8 Å². The van der Waals surface area contributed by atoms with Crippen LogP contribution in [-0.4, -0.2) is 25.3 Å². The molecule has 0 aliphatic carbocycles. The number of methoxy groups -OCH3 is 2. The van der Waals surface area contributed by atoms with E-state index in [4.69, 9.17) is 14.0 Å². The number of carbonyl (C=O) groups is 1. The van der Waals surface area contributed by atoms with Crippen molar-refractivity contribution in [3.63, 3.8) is 0 Å². The van der Waals surface area contributed by atoms with Gasteiger partial charge >= 0.3 is 0 Å². The molecule has 1 amide bonds. The van der Waals surface area contributed by atoms with E-state index >= 15 is 0 Å². The summed E-state index contributed by atoms with van der Waals surface area (Å²) in [4.78, 5) is 12.1. The van der Waals surface area contributed by atoms with Crippen LogP contribution in [0.1, 0.15) is 11.3 Å². The highest BCUT2D eigenvalue weighted by molar-refractivity contribution is 5.78. The van der Waals surface area contributed by atoms with Gasteiger partial charge in [0, 0.05) is 18.2 Å². The average Bonchev–Trinajstić information content (AvgIpc) is 3.15. The van der Waals surface area contributed by atoms with Crippen molar-refractivity contribution >= 4 is 5.91 Å². The second kappa shape index (κ2) is 8.20. The molecular formula is C20H20N2O4. The fourth-order valence-electron chi connectivity index (χ4n) is 2.54. The van der Waals surface area contributed by atoms with Gasteiger partial charge in [-0.1, -0.05) is 35.5 Å². The number of carbonyl (C=O) groups excluding carboxylic acids is 1. The van der Waals surface area contributed by atoms with Crippen LogP contribution < -0.4 is 14.8 Å². The molecule has 0 saturated carbocycles. The van der Waals surface area contributed by atoms with E-state index in [1.807, 2.05) is 36.4 Å². The zero-order valence-corrected chi connectivity index (χ0v) is 14.7. The van der Waals surface area contributed by atoms with Gasteiger partial charge in [0.2, 0.25) is 5.91 Å². The maximum Gasteiger partial charge on any atom is 0.226 e. The summed E-state index contributed by atoms with van der Waals surface area (Å²) in [6, 6.07) is 16.9. The molecule has 2 aromatic carbocycles. The average molecular weight is 352 g/mol. The molecule has 134 valence electrons. The normalized spacial score (nSPS) is 10.4. The maximum absolute atomic E-state index is 12.1. The van der Waals surface area contributed by atoms with Gasteiger partial charge in [-0.15, -0.1) is 0 Å². The first-order chi connectivity index (χ1) is 12.7. The molecule has 0 aliphatic rings. The largest absolute Gasteiger partial charge is 0.493 e. The molecule has 26 heavy (non-hydrogen) atoms. The molecule has 1 aromatic heterocycles. The Kier molecular flexibility index (Phi) is 5.53. The van der Waals surface area contributed by atoms with Crippen molar-refractivity contribution in [2.45, 2.75) is 13.0 Å². The van der Waals surface area contributed by atoms with Crippen molar-refractivity contribution in [3.8, 4) is 22.8 Å². The van der Waals surface area contributed by atoms with Gasteiger partial charge in [-0.25, -0.2) is 0 Å². The van der Waals surface area contributed by atoms with E-state index in [1.54, 1.807) is 32.4 Å². The SMILES string of the molecule is COc1ccc(-c2cc(CC(=O)NCc3ccccc3)no2)cc1OC. The van der Waals surface area contributed by atoms with E-state index in [0.29, 0.717) is 29.5 Å². The van der Waals surface area contributed by atoms with E-state index < -0.39 is 0 Å². The van der Waals surface area contributed by atoms with Crippen LogP contribution in [0.25, 0.3) is 11.3 Å². The Hall–Kier alpha value is -3.28. The molecule has 6 nitrogen and oxygen atoms in total. The van der Waals surface area contributed by atoms with Gasteiger partial charge in [-0.2, -0.15) is 0 Å². The lowest BCUT2D eigenvalue weighted by Crippen LogP contribution is -2.24. The zero-order valence-electron chi connectivity index (χ0n) is 14.7. The lowest BCUT2D eigenvalue weighted by atomic mass is 10.1. The minimum Gasteiger partial charge on any atom is -0.493 e. The van der Waals surface area contributed by atoms with Gasteiger partial charge in [-0.05, 0) is 23.8 Å². The molecule has 0 spiro atoms. The minimum atomic E-state index is -0.110. The van der Waals surface area contributed by atoms with Crippen LogP contribution in [0.4, 0.5) is 0 Å². The molecule has 3 rings (SSSR count). The van der Waals surface area contributed by atoms with Crippen molar-refractivity contribution in [2.75, 3.05) is 14.2 Å². The Morgan fingerprint density at radius 3 is 2.54 bits per heavy atom. The third-order valence-electron chi connectivity index (χ3n) is 3.90. The molecule has 0 bridgehead atoms. The molecule has 1 N–H and O–H groups in total. The van der Waals surface area contributed by atoms with Crippen molar-refractivity contribution in [3.05, 3.63) is 65.9 Å². The molecule has 0 aliphatic heterocycles. The fraction of sp³-hybridized carbons (Fsp3) is 0.200. The molecule has 0 unspecified atom stereocenters. The van der Waals surface area contributed by atoms with Crippen molar-refractivity contribution < 1.29 is 18.8 Å². The molecule has 0 fully saturated rings. The fourth-order valence-corrected chi connectivity index (χ4v) is 2.54. The number of hydrogen-bond acceptors (Lipinski definition) is 5. The van der Waals surface area contributed by atoms with E-state index in [2.05, 4.69) is 10.5 Å². The van der Waals surface area contributed by atoms with Crippen molar-refractivity contribution in [2.24, 2.45) is 0 Å². The van der Waals surface area contributed by atoms with E-state index in [1.165, 1.54) is 0 Å². The van der Waals surface area contributed by atoms with E-state index in [0.717, 1.165) is 11.1 Å². The summed E-state index contributed by atoms with van der Waals surface area (Å²) in [5, 5.41) is 6.85. The van der Waals surface area contributed by atoms with E-state index in [9.17, 15) is 4.79 Å². The van der Waals surface area contributed by atoms with Gasteiger partial charge < -0.3 is 19.3 Å². The summed E-state index contributed by atoms with van der Waals surface area (Å²) in [5.41, 5.74) is 2.42. The van der Waals surface area contributed by atoms with Gasteiger partial charge in [-0.3, -0.25) is 4.79 Å². The molecule has 0 radical (unpaired) electrons. The second-order valence-corrected chi connectivity index (χ2v) is 5.69. The summed E-state index contributed by atoms with van der Waals surface area (Å²) in [6.45, 7) is 0.486. The number of hydrogen-bond donors (Lipinski definition) is 1. The molecule has 6 heteroatoms. The van der Waals surface area contributed by atoms with Crippen LogP contribution in [0.5, 0.6) is 11.5 Å². The lowest BCUT2D eigenvalue weighted by molar-refractivity contribution is -0.120. The number of nitrogens with one attached hydrogen (secondary N) is 1. The number of rotatable bonds is 7. The Morgan fingerprint density at radius 2 is 1.81 bits per heavy atom. The van der Waals surface area contributed by atoms with E-state index in [-0.39, 0.29) is 12.3 Å². The number of nitrogens with zero attached hydrogens (tertiary/aromatic N) is 1. The van der Waals surface area contributed by atoms with Crippen LogP contribution in [0, 0.1) is 0 Å². The number of aromatic nitrogens is 1. The Balaban J connectivity index is 1.63. The van der Waals surface area contributed by atoms with Gasteiger partial charge in [0.1, 0.15) is 0 Å². The number of benzene rings is 2. The molecule has 0 atom stereocenters. The monoisotopic (exact) mass is 352 g/mol. The van der Waals surface area contributed by atoms with Crippen LogP contribution in [0.3, 0.4) is 0 Å². The van der Waals surface area contributed by atoms with Crippen LogP contribution in [0.15, 0.2) is 59.1 Å². The second-order valence-electron chi connectivity index (χ2n) is 5.69. The first kappa shape index (κ1) is 17.5. The van der Waals surface area contributed by atoms with Crippen LogP contribution >= 0.6 is 0 Å². The first-order valence-corrected chi connectivity index (χ1v) is 8.18. The van der Waals surface area contributed by atoms with Gasteiger partial charge in [0.05, 0.1) is 26.3 Å². The van der Waals surface area contributed by atoms with Crippen molar-refractivity contribution in [1.29, 1.82) is 0 Å². The highest BCUT2D eigenvalue weighted by Crippen LogP contribution is 2.32. The maximum atomic E-state index is 12.1. The molecule has 3 aromatic rings. The first-order valence-electron chi connectivity index (χ1n) is 8.18. The minimum absolute atomic E-state index is 0.110. The standard InChI is InChI=1S/C20H20N2O4/c1-24-17-9-8-15(10-19(17)25-2)18-11-16(22-26-18)12-20(23)21-13-14-6-4-3-5-7-14/h3-11H,12-13H2,1-2H3,(H,21,23). The summed E-state index contributed by atoms with van der Waals surface area (Å²) < 4.78 is 15.9. The number of amides is 1. The summed E-state index contributed by atoms with van der Waals surface area (Å²) in [5.74, 6) is 1.69. The highest BCUT2D eigenvalue weighted by Gasteiger charge is 2.13. The topological polar surface area (TPSA) is 73.6 Å². The van der Waals surface area contributed by atoms with Gasteiger partial charge in [0.25, 0.3) is 0 Å². The molecular weight excluding hydrogens is 332 g/mol. The third kappa shape index (κ3) is 4.22. The Morgan fingerprint density at radius 1 is 1.04 bits per heavy atom. The number of ether oxygens (including phenoxy) is 2. The van der Waals surface area contributed by atoms with Crippen molar-refractivity contribution in [1.82, 2.24) is 10.5 Å². The molecule has 0 saturated heterocycles.